The van der Waals surface area contributed by atoms with Crippen LogP contribution in [0.3, 0.4) is 0 Å². The van der Waals surface area contributed by atoms with Crippen LogP contribution >= 0.6 is 0 Å². The summed E-state index contributed by atoms with van der Waals surface area (Å²) in [5.74, 6) is 0. The van der Waals surface area contributed by atoms with Gasteiger partial charge in [0.05, 0.1) is 18.5 Å². The van der Waals surface area contributed by atoms with E-state index < -0.39 is 0 Å². The van der Waals surface area contributed by atoms with E-state index >= 15 is 0 Å². The fraction of sp³-hybridized carbons (Fsp3) is 0.938. The molecule has 0 bridgehead atoms. The summed E-state index contributed by atoms with van der Waals surface area (Å²) in [7, 11) is 0. The summed E-state index contributed by atoms with van der Waals surface area (Å²) in [6.45, 7) is 5.14. The highest BCUT2D eigenvalue weighted by atomic mass is 15.6. The second-order valence-electron chi connectivity index (χ2n) is 6.81. The van der Waals surface area contributed by atoms with E-state index in [-0.39, 0.29) is 0 Å². The Bertz CT molecular complexity index is 285. The summed E-state index contributed by atoms with van der Waals surface area (Å²) < 4.78 is 0. The molecule has 0 spiro atoms. The Morgan fingerprint density at radius 3 is 1.50 bits per heavy atom. The van der Waals surface area contributed by atoms with Crippen molar-refractivity contribution in [3.05, 3.63) is 0 Å². The van der Waals surface area contributed by atoms with Crippen LogP contribution in [0.2, 0.25) is 0 Å². The van der Waals surface area contributed by atoms with Crippen molar-refractivity contribution in [3.63, 3.8) is 0 Å². The maximum Gasteiger partial charge on any atom is 0.0649 e. The van der Waals surface area contributed by atoms with Gasteiger partial charge in [0.15, 0.2) is 0 Å². The summed E-state index contributed by atoms with van der Waals surface area (Å²) in [5, 5.41) is 0. The Morgan fingerprint density at radius 2 is 1.20 bits per heavy atom. The molecule has 0 aromatic carbocycles. The zero-order valence-corrected chi connectivity index (χ0v) is 12.6. The maximum atomic E-state index is 3.96. The molecule has 4 saturated heterocycles. The molecule has 0 aliphatic carbocycles. The largest absolute Gasteiger partial charge is 0.298 e. The molecular formula is C16H28N4. The molecule has 112 valence electrons. The number of hydrogen-bond acceptors (Lipinski definition) is 4. The van der Waals surface area contributed by atoms with Crippen LogP contribution in [0, 0.1) is 0 Å². The number of rotatable bonds is 0. The fourth-order valence-electron chi connectivity index (χ4n) is 4.88. The quantitative estimate of drug-likeness (QED) is 0.676. The van der Waals surface area contributed by atoms with Crippen LogP contribution in [-0.4, -0.2) is 65.6 Å². The lowest BCUT2D eigenvalue weighted by Crippen LogP contribution is -2.65. The third-order valence-corrected chi connectivity index (χ3v) is 5.68. The van der Waals surface area contributed by atoms with Gasteiger partial charge in [-0.2, -0.15) is 0 Å². The SMILES string of the molecule is C1=NCCC1.C1CC2N(C1)C1CCCN1C1CCCN21. The third-order valence-electron chi connectivity index (χ3n) is 5.68. The Kier molecular flexibility index (Phi) is 3.80. The van der Waals surface area contributed by atoms with Crippen molar-refractivity contribution < 1.29 is 0 Å². The first-order chi connectivity index (χ1) is 9.95. The van der Waals surface area contributed by atoms with E-state index in [1.165, 1.54) is 71.0 Å². The van der Waals surface area contributed by atoms with Gasteiger partial charge in [0, 0.05) is 26.2 Å². The van der Waals surface area contributed by atoms with Crippen LogP contribution < -0.4 is 0 Å². The van der Waals surface area contributed by atoms with Gasteiger partial charge in [-0.05, 0) is 57.6 Å². The van der Waals surface area contributed by atoms with E-state index in [2.05, 4.69) is 19.7 Å². The van der Waals surface area contributed by atoms with E-state index in [9.17, 15) is 0 Å². The van der Waals surface area contributed by atoms with Gasteiger partial charge in [0.25, 0.3) is 0 Å². The second kappa shape index (κ2) is 5.74. The Labute approximate surface area is 122 Å². The minimum Gasteiger partial charge on any atom is -0.298 e. The van der Waals surface area contributed by atoms with Crippen LogP contribution in [0.4, 0.5) is 0 Å². The zero-order valence-electron chi connectivity index (χ0n) is 12.6. The normalized spacial score (nSPS) is 40.3. The molecule has 4 nitrogen and oxygen atoms in total. The topological polar surface area (TPSA) is 22.1 Å². The van der Waals surface area contributed by atoms with E-state index in [0.717, 1.165) is 25.0 Å². The van der Waals surface area contributed by atoms with Crippen molar-refractivity contribution in [1.29, 1.82) is 0 Å². The van der Waals surface area contributed by atoms with Crippen molar-refractivity contribution in [3.8, 4) is 0 Å². The minimum absolute atomic E-state index is 0.817. The molecule has 5 aliphatic heterocycles. The third kappa shape index (κ3) is 2.22. The molecule has 0 atom stereocenters. The molecule has 0 amide bonds. The maximum absolute atomic E-state index is 3.96. The fourth-order valence-corrected chi connectivity index (χ4v) is 4.88. The highest BCUT2D eigenvalue weighted by Gasteiger charge is 2.50. The lowest BCUT2D eigenvalue weighted by molar-refractivity contribution is -0.124. The van der Waals surface area contributed by atoms with Gasteiger partial charge in [0.2, 0.25) is 0 Å². The minimum atomic E-state index is 0.817. The van der Waals surface area contributed by atoms with Gasteiger partial charge >= 0.3 is 0 Å². The number of aliphatic imine (C=N–C) groups is 1. The molecular weight excluding hydrogens is 248 g/mol. The van der Waals surface area contributed by atoms with Gasteiger partial charge in [-0.1, -0.05) is 0 Å². The predicted molar refractivity (Wildman–Crippen MR) is 81.8 cm³/mol. The average Bonchev–Trinajstić information content (AvgIpc) is 3.24. The van der Waals surface area contributed by atoms with Crippen molar-refractivity contribution >= 4 is 6.21 Å². The van der Waals surface area contributed by atoms with Crippen molar-refractivity contribution in [2.45, 2.75) is 69.9 Å². The molecule has 0 radical (unpaired) electrons. The van der Waals surface area contributed by atoms with Crippen LogP contribution in [0.25, 0.3) is 0 Å². The molecule has 0 aromatic rings. The first kappa shape index (κ1) is 13.2. The zero-order chi connectivity index (χ0) is 13.4. The van der Waals surface area contributed by atoms with Crippen molar-refractivity contribution in [2.24, 2.45) is 4.99 Å². The van der Waals surface area contributed by atoms with Gasteiger partial charge < -0.3 is 0 Å². The highest BCUT2D eigenvalue weighted by molar-refractivity contribution is 5.58. The van der Waals surface area contributed by atoms with E-state index in [1.807, 2.05) is 6.21 Å². The average molecular weight is 276 g/mol. The summed E-state index contributed by atoms with van der Waals surface area (Å²) >= 11 is 0. The Balaban J connectivity index is 0.000000181. The van der Waals surface area contributed by atoms with Crippen LogP contribution in [0.15, 0.2) is 4.99 Å². The molecule has 0 saturated carbocycles. The van der Waals surface area contributed by atoms with E-state index in [0.29, 0.717) is 0 Å². The summed E-state index contributed by atoms with van der Waals surface area (Å²) in [4.78, 5) is 12.4. The lowest BCUT2D eigenvalue weighted by Gasteiger charge is -2.51. The molecule has 4 heteroatoms. The molecule has 0 unspecified atom stereocenters. The molecule has 4 fully saturated rings. The summed E-state index contributed by atoms with van der Waals surface area (Å²) in [5.41, 5.74) is 0. The monoisotopic (exact) mass is 276 g/mol. The van der Waals surface area contributed by atoms with Crippen LogP contribution in [-0.2, 0) is 0 Å². The Morgan fingerprint density at radius 1 is 0.700 bits per heavy atom. The van der Waals surface area contributed by atoms with Gasteiger partial charge in [-0.15, -0.1) is 0 Å². The molecule has 5 heterocycles. The first-order valence-corrected chi connectivity index (χ1v) is 8.71. The first-order valence-electron chi connectivity index (χ1n) is 8.71. The van der Waals surface area contributed by atoms with Gasteiger partial charge in [-0.25, -0.2) is 0 Å². The standard InChI is InChI=1S/C12H21N3.C4H7N/c1-4-10-13(7-1)11-5-2-9-15(11)12-6-3-8-14(10)12;1-2-4-5-3-1/h10-12H,1-9H2;3H,1-2,4H2. The molecule has 20 heavy (non-hydrogen) atoms. The summed E-state index contributed by atoms with van der Waals surface area (Å²) in [6, 6.07) is 0. The smallest absolute Gasteiger partial charge is 0.0649 e. The number of fused-ring (bicyclic) bond motifs is 6. The van der Waals surface area contributed by atoms with Gasteiger partial charge in [-0.3, -0.25) is 19.7 Å². The van der Waals surface area contributed by atoms with Crippen molar-refractivity contribution in [2.75, 3.05) is 26.2 Å². The Hall–Kier alpha value is -0.450. The van der Waals surface area contributed by atoms with Crippen molar-refractivity contribution in [1.82, 2.24) is 14.7 Å². The summed E-state index contributed by atoms with van der Waals surface area (Å²) in [6.07, 6.45) is 15.5. The van der Waals surface area contributed by atoms with Gasteiger partial charge in [0.1, 0.15) is 0 Å². The van der Waals surface area contributed by atoms with Crippen LogP contribution in [0.1, 0.15) is 51.4 Å². The number of nitrogens with zero attached hydrogens (tertiary/aromatic N) is 4. The molecule has 5 aliphatic rings. The molecule has 0 N–H and O–H groups in total. The lowest BCUT2D eigenvalue weighted by atomic mass is 10.2. The van der Waals surface area contributed by atoms with E-state index in [1.54, 1.807) is 0 Å². The molecule has 5 rings (SSSR count). The second-order valence-corrected chi connectivity index (χ2v) is 6.81. The molecule has 0 aromatic heterocycles. The van der Waals surface area contributed by atoms with E-state index in [4.69, 9.17) is 0 Å². The highest BCUT2D eigenvalue weighted by Crippen LogP contribution is 2.41. The predicted octanol–water partition coefficient (Wildman–Crippen LogP) is 2.12. The number of hydrogen-bond donors (Lipinski definition) is 0. The van der Waals surface area contributed by atoms with Crippen LogP contribution in [0.5, 0.6) is 0 Å².